The summed E-state index contributed by atoms with van der Waals surface area (Å²) in [7, 11) is 0. The van der Waals surface area contributed by atoms with Crippen molar-refractivity contribution in [3.05, 3.63) is 59.7 Å². The molecule has 2 N–H and O–H groups in total. The molecule has 2 unspecified atom stereocenters. The average Bonchev–Trinajstić information content (AvgIpc) is 3.29. The molecule has 2 atom stereocenters. The molecule has 6 heteroatoms. The Morgan fingerprint density at radius 3 is 0.873 bits per heavy atom. The van der Waals surface area contributed by atoms with Crippen LogP contribution in [0, 0.1) is 0 Å². The van der Waals surface area contributed by atoms with E-state index in [9.17, 15) is 10.2 Å². The van der Waals surface area contributed by atoms with E-state index in [0.29, 0.717) is 13.2 Å². The van der Waals surface area contributed by atoms with Crippen molar-refractivity contribution in [2.75, 3.05) is 36.2 Å². The molecule has 0 aliphatic carbocycles. The molecule has 364 valence electrons. The van der Waals surface area contributed by atoms with Crippen LogP contribution in [-0.4, -0.2) is 58.6 Å². The molecule has 0 bridgehead atoms. The molecule has 2 aromatic carbocycles. The Labute approximate surface area is 399 Å². The molecule has 2 aromatic rings. The van der Waals surface area contributed by atoms with Crippen LogP contribution >= 0.6 is 23.5 Å². The van der Waals surface area contributed by atoms with Gasteiger partial charge in [-0.25, -0.2) is 0 Å². The number of unbranched alkanes of at least 4 members (excludes halogenated alkanes) is 30. The third kappa shape index (κ3) is 32.1. The van der Waals surface area contributed by atoms with E-state index in [4.69, 9.17) is 9.47 Å². The topological polar surface area (TPSA) is 58.9 Å². The summed E-state index contributed by atoms with van der Waals surface area (Å²) < 4.78 is 11.9. The summed E-state index contributed by atoms with van der Waals surface area (Å²) in [5, 5.41) is 21.1. The van der Waals surface area contributed by atoms with Crippen LogP contribution in [0.5, 0.6) is 11.5 Å². The Morgan fingerprint density at radius 2 is 0.619 bits per heavy atom. The van der Waals surface area contributed by atoms with Gasteiger partial charge in [0.05, 0.1) is 12.2 Å². The van der Waals surface area contributed by atoms with Gasteiger partial charge in [0.2, 0.25) is 0 Å². The van der Waals surface area contributed by atoms with Crippen molar-refractivity contribution in [3.8, 4) is 11.5 Å². The fourth-order valence-corrected chi connectivity index (χ4v) is 10.4. The molecule has 0 aliphatic rings. The predicted molar refractivity (Wildman–Crippen MR) is 282 cm³/mol. The SMILES string of the molecule is CCCCCCCCCCCCCCCCCCSCC(O)COc1ccc(C(C)(C)c2ccc(OCC(O)CSCCCCCCCCCCCCCCCCCC)cc2)cc1. The lowest BCUT2D eigenvalue weighted by Gasteiger charge is -2.26. The Bertz CT molecular complexity index is 1160. The molecule has 4 nitrogen and oxygen atoms in total. The minimum atomic E-state index is -0.457. The molecule has 0 saturated carbocycles. The van der Waals surface area contributed by atoms with E-state index in [1.807, 2.05) is 47.8 Å². The first-order chi connectivity index (χ1) is 30.9. The van der Waals surface area contributed by atoms with Gasteiger partial charge in [0.25, 0.3) is 0 Å². The van der Waals surface area contributed by atoms with Crippen LogP contribution in [-0.2, 0) is 5.41 Å². The maximum atomic E-state index is 10.5. The third-order valence-corrected chi connectivity index (χ3v) is 15.3. The number of aliphatic hydroxyl groups is 2. The summed E-state index contributed by atoms with van der Waals surface area (Å²) in [5.41, 5.74) is 2.22. The van der Waals surface area contributed by atoms with E-state index in [1.54, 1.807) is 0 Å². The van der Waals surface area contributed by atoms with Crippen molar-refractivity contribution in [3.63, 3.8) is 0 Å². The summed E-state index contributed by atoms with van der Waals surface area (Å²) in [6.07, 6.45) is 43.8. The first kappa shape index (κ1) is 57.8. The molecule has 0 saturated heterocycles. The number of benzene rings is 2. The Hall–Kier alpha value is -1.34. The minimum absolute atomic E-state index is 0.192. The summed E-state index contributed by atoms with van der Waals surface area (Å²) in [6, 6.07) is 16.6. The standard InChI is InChI=1S/C57H100O4S2/c1-5-7-9-11-13-15-17-19-21-23-25-27-29-31-33-35-45-62-49-53(58)47-60-55-41-37-51(38-42-55)57(3,4)52-39-43-56(44-40-52)61-48-54(59)50-63-46-36-34-32-30-28-26-24-22-20-18-16-14-12-10-8-6-2/h37-44,53-54,58-59H,5-36,45-50H2,1-4H3. The molecule has 0 heterocycles. The van der Waals surface area contributed by atoms with E-state index in [1.165, 1.54) is 217 Å². The van der Waals surface area contributed by atoms with Crippen molar-refractivity contribution < 1.29 is 19.7 Å². The zero-order chi connectivity index (χ0) is 45.3. The van der Waals surface area contributed by atoms with Gasteiger partial charge in [0.15, 0.2) is 0 Å². The van der Waals surface area contributed by atoms with E-state index < -0.39 is 12.2 Å². The number of aliphatic hydroxyl groups excluding tert-OH is 2. The second-order valence-electron chi connectivity index (χ2n) is 19.4. The van der Waals surface area contributed by atoms with Crippen LogP contribution in [0.2, 0.25) is 0 Å². The monoisotopic (exact) mass is 913 g/mol. The number of hydrogen-bond donors (Lipinski definition) is 2. The van der Waals surface area contributed by atoms with Crippen LogP contribution < -0.4 is 9.47 Å². The molecule has 0 amide bonds. The van der Waals surface area contributed by atoms with Crippen LogP contribution in [0.4, 0.5) is 0 Å². The quantitative estimate of drug-likeness (QED) is 0.0646. The van der Waals surface area contributed by atoms with Crippen LogP contribution in [0.1, 0.15) is 244 Å². The zero-order valence-electron chi connectivity index (χ0n) is 41.7. The summed E-state index contributed by atoms with van der Waals surface area (Å²) >= 11 is 3.70. The Morgan fingerprint density at radius 1 is 0.381 bits per heavy atom. The molecular weight excluding hydrogens is 813 g/mol. The van der Waals surface area contributed by atoms with E-state index in [-0.39, 0.29) is 5.41 Å². The van der Waals surface area contributed by atoms with Crippen molar-refractivity contribution in [1.29, 1.82) is 0 Å². The lowest BCUT2D eigenvalue weighted by molar-refractivity contribution is 0.126. The molecule has 63 heavy (non-hydrogen) atoms. The highest BCUT2D eigenvalue weighted by Crippen LogP contribution is 2.33. The van der Waals surface area contributed by atoms with Crippen molar-refractivity contribution >= 4 is 23.5 Å². The lowest BCUT2D eigenvalue weighted by atomic mass is 9.78. The normalized spacial score (nSPS) is 12.8. The predicted octanol–water partition coefficient (Wildman–Crippen LogP) is 17.5. The molecule has 0 aromatic heterocycles. The summed E-state index contributed by atoms with van der Waals surface area (Å²) in [5.74, 6) is 5.27. The van der Waals surface area contributed by atoms with Crippen LogP contribution in [0.3, 0.4) is 0 Å². The van der Waals surface area contributed by atoms with Gasteiger partial charge < -0.3 is 19.7 Å². The molecular formula is C57H100O4S2. The fraction of sp³-hybridized carbons (Fsp3) is 0.789. The van der Waals surface area contributed by atoms with Gasteiger partial charge in [0, 0.05) is 16.9 Å². The molecule has 0 aliphatic heterocycles. The summed E-state index contributed by atoms with van der Waals surface area (Å²) in [4.78, 5) is 0. The minimum Gasteiger partial charge on any atom is -0.491 e. The number of ether oxygens (including phenoxy) is 2. The maximum Gasteiger partial charge on any atom is 0.119 e. The summed E-state index contributed by atoms with van der Waals surface area (Å²) in [6.45, 7) is 9.70. The second-order valence-corrected chi connectivity index (χ2v) is 21.7. The number of thioether (sulfide) groups is 2. The smallest absolute Gasteiger partial charge is 0.119 e. The fourth-order valence-electron chi connectivity index (χ4n) is 8.53. The van der Waals surface area contributed by atoms with Gasteiger partial charge in [-0.3, -0.25) is 0 Å². The van der Waals surface area contributed by atoms with Crippen molar-refractivity contribution in [2.24, 2.45) is 0 Å². The number of rotatable bonds is 46. The average molecular weight is 914 g/mol. The Kier molecular flexibility index (Phi) is 37.5. The lowest BCUT2D eigenvalue weighted by Crippen LogP contribution is -2.21. The van der Waals surface area contributed by atoms with E-state index in [2.05, 4.69) is 52.0 Å². The largest absolute Gasteiger partial charge is 0.491 e. The first-order valence-corrected chi connectivity index (χ1v) is 29.2. The molecule has 0 radical (unpaired) electrons. The van der Waals surface area contributed by atoms with E-state index >= 15 is 0 Å². The highest BCUT2D eigenvalue weighted by molar-refractivity contribution is 7.99. The highest BCUT2D eigenvalue weighted by atomic mass is 32.2. The van der Waals surface area contributed by atoms with Crippen molar-refractivity contribution in [2.45, 2.75) is 251 Å². The second kappa shape index (κ2) is 40.9. The van der Waals surface area contributed by atoms with Crippen LogP contribution in [0.15, 0.2) is 48.5 Å². The zero-order valence-corrected chi connectivity index (χ0v) is 43.3. The first-order valence-electron chi connectivity index (χ1n) is 26.8. The van der Waals surface area contributed by atoms with Gasteiger partial charge in [-0.2, -0.15) is 23.5 Å². The van der Waals surface area contributed by atoms with Gasteiger partial charge in [0.1, 0.15) is 24.7 Å². The van der Waals surface area contributed by atoms with Crippen molar-refractivity contribution in [1.82, 2.24) is 0 Å². The number of hydrogen-bond acceptors (Lipinski definition) is 6. The molecule has 0 spiro atoms. The highest BCUT2D eigenvalue weighted by Gasteiger charge is 2.23. The van der Waals surface area contributed by atoms with Gasteiger partial charge in [-0.05, 0) is 59.7 Å². The maximum absolute atomic E-state index is 10.5. The van der Waals surface area contributed by atoms with E-state index in [0.717, 1.165) is 34.5 Å². The third-order valence-electron chi connectivity index (χ3n) is 12.9. The van der Waals surface area contributed by atoms with Gasteiger partial charge in [-0.1, -0.05) is 245 Å². The Balaban J connectivity index is 1.45. The van der Waals surface area contributed by atoms with Crippen LogP contribution in [0.25, 0.3) is 0 Å². The van der Waals surface area contributed by atoms with Gasteiger partial charge in [-0.15, -0.1) is 0 Å². The molecule has 2 rings (SSSR count). The molecule has 0 fully saturated rings. The van der Waals surface area contributed by atoms with Gasteiger partial charge >= 0.3 is 0 Å².